The Morgan fingerprint density at radius 1 is 1.47 bits per heavy atom. The van der Waals surface area contributed by atoms with Gasteiger partial charge in [-0.05, 0) is 66.1 Å². The molecule has 1 aromatic rings. The van der Waals surface area contributed by atoms with Gasteiger partial charge in [0.05, 0.1) is 0 Å². The molecule has 1 saturated carbocycles. The van der Waals surface area contributed by atoms with Gasteiger partial charge in [0.15, 0.2) is 0 Å². The third-order valence-electron chi connectivity index (χ3n) is 2.94. The molecule has 4 heteroatoms. The van der Waals surface area contributed by atoms with Crippen LogP contribution in [-0.4, -0.2) is 18.6 Å². The lowest BCUT2D eigenvalue weighted by Gasteiger charge is -2.15. The fraction of sp³-hybridized carbons (Fsp3) is 0.538. The Morgan fingerprint density at radius 3 is 2.94 bits per heavy atom. The Bertz CT molecular complexity index is 380. The average molecular weight is 365 g/mol. The van der Waals surface area contributed by atoms with Gasteiger partial charge in [0.25, 0.3) is 0 Å². The third kappa shape index (κ3) is 4.73. The van der Waals surface area contributed by atoms with E-state index in [1.807, 2.05) is 12.1 Å². The minimum Gasteiger partial charge on any atom is -0.312 e. The molecule has 0 heterocycles. The monoisotopic (exact) mass is 364 g/mol. The molecule has 1 aliphatic rings. The Hall–Kier alpha value is 0.160. The van der Waals surface area contributed by atoms with E-state index in [1.54, 1.807) is 0 Å². The number of hydrogen-bond acceptors (Lipinski definition) is 2. The molecule has 0 spiro atoms. The Balaban J connectivity index is 1.77. The molecule has 0 bridgehead atoms. The highest BCUT2D eigenvalue weighted by Crippen LogP contribution is 2.19. The highest BCUT2D eigenvalue weighted by atomic mass is 127. The molecule has 1 aliphatic carbocycles. The first-order chi connectivity index (χ1) is 8.15. The van der Waals surface area contributed by atoms with Crippen molar-refractivity contribution in [2.24, 2.45) is 0 Å². The van der Waals surface area contributed by atoms with Crippen LogP contribution in [0.25, 0.3) is 0 Å². The number of halogens is 2. The fourth-order valence-corrected chi connectivity index (χ4v) is 2.39. The second-order valence-electron chi connectivity index (χ2n) is 4.70. The zero-order chi connectivity index (χ0) is 12.3. The molecule has 1 aromatic carbocycles. The van der Waals surface area contributed by atoms with Gasteiger partial charge in [-0.3, -0.25) is 0 Å². The Labute approximate surface area is 122 Å². The maximum absolute atomic E-state index is 6.00. The molecule has 0 saturated heterocycles. The average Bonchev–Trinajstić information content (AvgIpc) is 3.11. The third-order valence-corrected chi connectivity index (χ3v) is 4.23. The van der Waals surface area contributed by atoms with Gasteiger partial charge in [-0.1, -0.05) is 11.6 Å². The van der Waals surface area contributed by atoms with Gasteiger partial charge >= 0.3 is 0 Å². The van der Waals surface area contributed by atoms with E-state index in [9.17, 15) is 0 Å². The van der Waals surface area contributed by atoms with E-state index in [1.165, 1.54) is 22.0 Å². The summed E-state index contributed by atoms with van der Waals surface area (Å²) in [6, 6.07) is 7.31. The lowest BCUT2D eigenvalue weighted by atomic mass is 10.2. The van der Waals surface area contributed by atoms with Crippen molar-refractivity contribution < 1.29 is 0 Å². The van der Waals surface area contributed by atoms with Gasteiger partial charge in [0, 0.05) is 33.8 Å². The van der Waals surface area contributed by atoms with E-state index in [0.717, 1.165) is 24.2 Å². The van der Waals surface area contributed by atoms with E-state index >= 15 is 0 Å². The molecular formula is C13H18ClIN2. The molecule has 0 aliphatic heterocycles. The van der Waals surface area contributed by atoms with Crippen LogP contribution in [0, 0.1) is 3.57 Å². The van der Waals surface area contributed by atoms with Crippen molar-refractivity contribution in [1.82, 2.24) is 10.6 Å². The van der Waals surface area contributed by atoms with Crippen LogP contribution in [0.15, 0.2) is 18.2 Å². The van der Waals surface area contributed by atoms with E-state index in [4.69, 9.17) is 11.6 Å². The van der Waals surface area contributed by atoms with Gasteiger partial charge in [-0.2, -0.15) is 0 Å². The summed E-state index contributed by atoms with van der Waals surface area (Å²) in [4.78, 5) is 0. The molecule has 2 nitrogen and oxygen atoms in total. The summed E-state index contributed by atoms with van der Waals surface area (Å²) in [5.41, 5.74) is 1.27. The maximum atomic E-state index is 6.00. The number of hydrogen-bond donors (Lipinski definition) is 2. The van der Waals surface area contributed by atoms with Gasteiger partial charge < -0.3 is 10.6 Å². The molecule has 0 amide bonds. The fourth-order valence-electron chi connectivity index (χ4n) is 1.67. The highest BCUT2D eigenvalue weighted by molar-refractivity contribution is 14.1. The van der Waals surface area contributed by atoms with E-state index in [0.29, 0.717) is 6.04 Å². The first-order valence-corrected chi connectivity index (χ1v) is 7.51. The Morgan fingerprint density at radius 2 is 2.24 bits per heavy atom. The van der Waals surface area contributed by atoms with Crippen LogP contribution in [0.5, 0.6) is 0 Å². The standard InChI is InChI=1S/C13H18ClIN2/c1-9(7-17-12-3-4-12)16-8-10-6-11(14)2-5-13(10)15/h2,5-6,9,12,16-17H,3-4,7-8H2,1H3. The van der Waals surface area contributed by atoms with E-state index in [-0.39, 0.29) is 0 Å². The van der Waals surface area contributed by atoms with Gasteiger partial charge in [0.2, 0.25) is 0 Å². The number of benzene rings is 1. The Kier molecular flexibility index (Phi) is 5.09. The number of rotatable bonds is 6. The second-order valence-corrected chi connectivity index (χ2v) is 6.30. The van der Waals surface area contributed by atoms with Crippen LogP contribution in [0.1, 0.15) is 25.3 Å². The van der Waals surface area contributed by atoms with Gasteiger partial charge in [0.1, 0.15) is 0 Å². The van der Waals surface area contributed by atoms with E-state index in [2.05, 4.69) is 46.2 Å². The van der Waals surface area contributed by atoms with Gasteiger partial charge in [-0.25, -0.2) is 0 Å². The van der Waals surface area contributed by atoms with Crippen molar-refractivity contribution in [3.63, 3.8) is 0 Å². The second kappa shape index (κ2) is 6.36. The predicted molar refractivity (Wildman–Crippen MR) is 81.5 cm³/mol. The van der Waals surface area contributed by atoms with Crippen molar-refractivity contribution in [1.29, 1.82) is 0 Å². The summed E-state index contributed by atoms with van der Waals surface area (Å²) in [6.07, 6.45) is 2.69. The molecule has 17 heavy (non-hydrogen) atoms. The summed E-state index contributed by atoms with van der Waals surface area (Å²) >= 11 is 8.35. The molecule has 2 N–H and O–H groups in total. The highest BCUT2D eigenvalue weighted by Gasteiger charge is 2.20. The minimum absolute atomic E-state index is 0.491. The first kappa shape index (κ1) is 13.6. The van der Waals surface area contributed by atoms with E-state index < -0.39 is 0 Å². The molecule has 94 valence electrons. The first-order valence-electron chi connectivity index (χ1n) is 6.06. The summed E-state index contributed by atoms with van der Waals surface area (Å²) in [6.45, 7) is 4.14. The zero-order valence-electron chi connectivity index (χ0n) is 9.97. The lowest BCUT2D eigenvalue weighted by Crippen LogP contribution is -2.36. The molecule has 1 fully saturated rings. The summed E-state index contributed by atoms with van der Waals surface area (Å²) in [7, 11) is 0. The van der Waals surface area contributed by atoms with Crippen molar-refractivity contribution in [2.75, 3.05) is 6.54 Å². The SMILES string of the molecule is CC(CNC1CC1)NCc1cc(Cl)ccc1I. The molecule has 1 unspecified atom stereocenters. The van der Waals surface area contributed by atoms with Crippen LogP contribution in [0.3, 0.4) is 0 Å². The predicted octanol–water partition coefficient (Wildman–Crippen LogP) is 3.17. The van der Waals surface area contributed by atoms with Crippen molar-refractivity contribution in [3.8, 4) is 0 Å². The quantitative estimate of drug-likeness (QED) is 0.758. The molecular weight excluding hydrogens is 347 g/mol. The minimum atomic E-state index is 0.491. The maximum Gasteiger partial charge on any atom is 0.0409 e. The summed E-state index contributed by atoms with van der Waals surface area (Å²) in [5.74, 6) is 0. The smallest absolute Gasteiger partial charge is 0.0409 e. The molecule has 1 atom stereocenters. The normalized spacial score (nSPS) is 17.1. The zero-order valence-corrected chi connectivity index (χ0v) is 12.9. The van der Waals surface area contributed by atoms with Crippen molar-refractivity contribution in [2.45, 2.75) is 38.4 Å². The van der Waals surface area contributed by atoms with Crippen molar-refractivity contribution >= 4 is 34.2 Å². The van der Waals surface area contributed by atoms with Crippen LogP contribution >= 0.6 is 34.2 Å². The molecule has 0 radical (unpaired) electrons. The van der Waals surface area contributed by atoms with Crippen LogP contribution < -0.4 is 10.6 Å². The lowest BCUT2D eigenvalue weighted by molar-refractivity contribution is 0.499. The van der Waals surface area contributed by atoms with Crippen LogP contribution in [-0.2, 0) is 6.54 Å². The topological polar surface area (TPSA) is 24.1 Å². The summed E-state index contributed by atoms with van der Waals surface area (Å²) < 4.78 is 1.27. The molecule has 0 aromatic heterocycles. The van der Waals surface area contributed by atoms with Gasteiger partial charge in [-0.15, -0.1) is 0 Å². The van der Waals surface area contributed by atoms with Crippen LogP contribution in [0.4, 0.5) is 0 Å². The largest absolute Gasteiger partial charge is 0.312 e. The van der Waals surface area contributed by atoms with Crippen LogP contribution in [0.2, 0.25) is 5.02 Å². The number of nitrogens with one attached hydrogen (secondary N) is 2. The summed E-state index contributed by atoms with van der Waals surface area (Å²) in [5, 5.41) is 7.86. The molecule has 2 rings (SSSR count). The van der Waals surface area contributed by atoms with Crippen molar-refractivity contribution in [3.05, 3.63) is 32.4 Å².